The minimum atomic E-state index is -0.493. The van der Waals surface area contributed by atoms with E-state index >= 15 is 0 Å². The van der Waals surface area contributed by atoms with E-state index in [1.165, 1.54) is 19.3 Å². The Morgan fingerprint density at radius 1 is 1.33 bits per heavy atom. The van der Waals surface area contributed by atoms with Crippen LogP contribution >= 0.6 is 0 Å². The highest BCUT2D eigenvalue weighted by Gasteiger charge is 2.27. The van der Waals surface area contributed by atoms with Gasteiger partial charge in [-0.15, -0.1) is 10.2 Å². The van der Waals surface area contributed by atoms with Crippen LogP contribution in [0.4, 0.5) is 0 Å². The van der Waals surface area contributed by atoms with E-state index in [1.54, 1.807) is 0 Å². The molecule has 1 aliphatic heterocycles. The van der Waals surface area contributed by atoms with Crippen molar-refractivity contribution >= 4 is 5.91 Å². The summed E-state index contributed by atoms with van der Waals surface area (Å²) in [7, 11) is 0. The number of amides is 1. The second kappa shape index (κ2) is 6.56. The molecule has 2 rings (SSSR count). The summed E-state index contributed by atoms with van der Waals surface area (Å²) in [5.74, 6) is 1.95. The summed E-state index contributed by atoms with van der Waals surface area (Å²) < 4.78 is 2.21. The monoisotopic (exact) mass is 293 g/mol. The van der Waals surface area contributed by atoms with Crippen molar-refractivity contribution in [1.29, 1.82) is 0 Å². The Labute approximate surface area is 126 Å². The summed E-state index contributed by atoms with van der Waals surface area (Å²) in [6, 6.07) is -0.493. The molecule has 0 unspecified atom stereocenters. The number of hydrogen-bond acceptors (Lipinski definition) is 4. The van der Waals surface area contributed by atoms with Gasteiger partial charge in [0.2, 0.25) is 5.91 Å². The first-order valence-corrected chi connectivity index (χ1v) is 7.84. The van der Waals surface area contributed by atoms with E-state index < -0.39 is 6.04 Å². The van der Waals surface area contributed by atoms with Crippen LogP contribution in [0.1, 0.15) is 51.7 Å². The molecular formula is C15H27N5O. The molecule has 0 radical (unpaired) electrons. The lowest BCUT2D eigenvalue weighted by atomic mass is 9.87. The quantitative estimate of drug-likeness (QED) is 0.868. The summed E-state index contributed by atoms with van der Waals surface area (Å²) in [6.45, 7) is 7.45. The largest absolute Gasteiger partial charge is 0.354 e. The van der Waals surface area contributed by atoms with Crippen LogP contribution in [0.3, 0.4) is 0 Å². The van der Waals surface area contributed by atoms with Crippen molar-refractivity contribution in [2.75, 3.05) is 6.54 Å². The van der Waals surface area contributed by atoms with Gasteiger partial charge in [0.25, 0.3) is 0 Å². The van der Waals surface area contributed by atoms with E-state index in [4.69, 9.17) is 5.73 Å². The van der Waals surface area contributed by atoms with Gasteiger partial charge in [-0.1, -0.05) is 27.2 Å². The molecule has 0 saturated heterocycles. The average Bonchev–Trinajstić information content (AvgIpc) is 2.65. The fraction of sp³-hybridized carbons (Fsp3) is 0.800. The van der Waals surface area contributed by atoms with Gasteiger partial charge in [0.15, 0.2) is 0 Å². The van der Waals surface area contributed by atoms with Crippen molar-refractivity contribution in [2.45, 2.75) is 65.5 Å². The van der Waals surface area contributed by atoms with Gasteiger partial charge in [-0.2, -0.15) is 0 Å². The molecule has 1 aromatic rings. The van der Waals surface area contributed by atoms with E-state index in [0.717, 1.165) is 24.6 Å². The van der Waals surface area contributed by atoms with Crippen LogP contribution in [0.5, 0.6) is 0 Å². The van der Waals surface area contributed by atoms with Gasteiger partial charge in [-0.05, 0) is 18.3 Å². The first-order valence-electron chi connectivity index (χ1n) is 7.84. The van der Waals surface area contributed by atoms with Gasteiger partial charge >= 0.3 is 0 Å². The summed E-state index contributed by atoms with van der Waals surface area (Å²) in [5.41, 5.74) is 5.71. The predicted octanol–water partition coefficient (Wildman–Crippen LogP) is 1.04. The Balaban J connectivity index is 1.87. The molecule has 0 aliphatic carbocycles. The molecule has 1 aromatic heterocycles. The van der Waals surface area contributed by atoms with Crippen LogP contribution in [-0.2, 0) is 24.2 Å². The van der Waals surface area contributed by atoms with Gasteiger partial charge in [-0.3, -0.25) is 4.79 Å². The maximum atomic E-state index is 12.0. The molecular weight excluding hydrogens is 266 g/mol. The van der Waals surface area contributed by atoms with Crippen LogP contribution in [0.2, 0.25) is 0 Å². The van der Waals surface area contributed by atoms with Crippen LogP contribution in [0, 0.1) is 5.41 Å². The maximum Gasteiger partial charge on any atom is 0.237 e. The number of carbonyl (C=O) groups excluding carboxylic acids is 1. The number of aromatic nitrogens is 3. The number of nitrogens with two attached hydrogens (primary N) is 1. The first-order chi connectivity index (χ1) is 9.89. The molecule has 0 spiro atoms. The highest BCUT2D eigenvalue weighted by molar-refractivity contribution is 5.82. The van der Waals surface area contributed by atoms with Gasteiger partial charge in [0.1, 0.15) is 11.6 Å². The standard InChI is InChI=1S/C15H27N5O/c1-15(2,3)13(16)14(21)17-9-8-12-19-18-11-7-5-4-6-10-20(11)12/h13H,4-10,16H2,1-3H3,(H,17,21)/t13-/m1/s1. The third-order valence-corrected chi connectivity index (χ3v) is 4.05. The van der Waals surface area contributed by atoms with Crippen molar-refractivity contribution in [3.05, 3.63) is 11.6 Å². The molecule has 0 aromatic carbocycles. The smallest absolute Gasteiger partial charge is 0.237 e. The van der Waals surface area contributed by atoms with Gasteiger partial charge < -0.3 is 15.6 Å². The number of nitrogens with one attached hydrogen (secondary N) is 1. The predicted molar refractivity (Wildman–Crippen MR) is 81.7 cm³/mol. The number of fused-ring (bicyclic) bond motifs is 1. The van der Waals surface area contributed by atoms with Crippen LogP contribution in [0.25, 0.3) is 0 Å². The highest BCUT2D eigenvalue weighted by atomic mass is 16.2. The lowest BCUT2D eigenvalue weighted by molar-refractivity contribution is -0.124. The number of hydrogen-bond donors (Lipinski definition) is 2. The highest BCUT2D eigenvalue weighted by Crippen LogP contribution is 2.17. The van der Waals surface area contributed by atoms with E-state index in [0.29, 0.717) is 13.0 Å². The molecule has 6 nitrogen and oxygen atoms in total. The van der Waals surface area contributed by atoms with Crippen molar-refractivity contribution in [3.63, 3.8) is 0 Å². The Bertz CT molecular complexity index is 489. The maximum absolute atomic E-state index is 12.0. The summed E-state index contributed by atoms with van der Waals surface area (Å²) >= 11 is 0. The SMILES string of the molecule is CC(C)(C)[C@H](N)C(=O)NCCc1nnc2n1CCCCC2. The van der Waals surface area contributed by atoms with E-state index in [-0.39, 0.29) is 11.3 Å². The average molecular weight is 293 g/mol. The molecule has 2 heterocycles. The lowest BCUT2D eigenvalue weighted by Crippen LogP contribution is -2.49. The van der Waals surface area contributed by atoms with Gasteiger partial charge in [-0.25, -0.2) is 0 Å². The minimum Gasteiger partial charge on any atom is -0.354 e. The Morgan fingerprint density at radius 3 is 2.81 bits per heavy atom. The molecule has 1 atom stereocenters. The number of rotatable bonds is 4. The fourth-order valence-electron chi connectivity index (χ4n) is 2.53. The number of nitrogens with zero attached hydrogens (tertiary/aromatic N) is 3. The molecule has 0 fully saturated rings. The summed E-state index contributed by atoms with van der Waals surface area (Å²) in [4.78, 5) is 12.0. The normalized spacial score (nSPS) is 17.0. The molecule has 0 bridgehead atoms. The Morgan fingerprint density at radius 2 is 2.10 bits per heavy atom. The fourth-order valence-corrected chi connectivity index (χ4v) is 2.53. The zero-order valence-electron chi connectivity index (χ0n) is 13.4. The number of aryl methyl sites for hydroxylation is 1. The molecule has 1 amide bonds. The molecule has 3 N–H and O–H groups in total. The molecule has 1 aliphatic rings. The van der Waals surface area contributed by atoms with Crippen molar-refractivity contribution in [2.24, 2.45) is 11.1 Å². The summed E-state index contributed by atoms with van der Waals surface area (Å²) in [5, 5.41) is 11.4. The van der Waals surface area contributed by atoms with Crippen LogP contribution in [-0.4, -0.2) is 33.3 Å². The third-order valence-electron chi connectivity index (χ3n) is 4.05. The zero-order valence-corrected chi connectivity index (χ0v) is 13.4. The molecule has 0 saturated carbocycles. The third kappa shape index (κ3) is 4.03. The van der Waals surface area contributed by atoms with Crippen molar-refractivity contribution in [3.8, 4) is 0 Å². The van der Waals surface area contributed by atoms with E-state index in [2.05, 4.69) is 20.1 Å². The number of carbonyl (C=O) groups is 1. The Hall–Kier alpha value is -1.43. The van der Waals surface area contributed by atoms with Crippen LogP contribution in [0.15, 0.2) is 0 Å². The zero-order chi connectivity index (χ0) is 15.5. The van der Waals surface area contributed by atoms with Crippen molar-refractivity contribution < 1.29 is 4.79 Å². The van der Waals surface area contributed by atoms with Crippen molar-refractivity contribution in [1.82, 2.24) is 20.1 Å². The molecule has 21 heavy (non-hydrogen) atoms. The Kier molecular flexibility index (Phi) is 4.98. The van der Waals surface area contributed by atoms with Gasteiger partial charge in [0.05, 0.1) is 6.04 Å². The van der Waals surface area contributed by atoms with E-state index in [1.807, 2.05) is 20.8 Å². The minimum absolute atomic E-state index is 0.0990. The summed E-state index contributed by atoms with van der Waals surface area (Å²) in [6.07, 6.45) is 5.33. The lowest BCUT2D eigenvalue weighted by Gasteiger charge is -2.25. The molecule has 118 valence electrons. The first kappa shape index (κ1) is 15.9. The van der Waals surface area contributed by atoms with E-state index in [9.17, 15) is 4.79 Å². The topological polar surface area (TPSA) is 85.8 Å². The second-order valence-corrected chi connectivity index (χ2v) is 6.88. The molecule has 6 heteroatoms. The van der Waals surface area contributed by atoms with Crippen LogP contribution < -0.4 is 11.1 Å². The van der Waals surface area contributed by atoms with Gasteiger partial charge in [0, 0.05) is 25.9 Å². The second-order valence-electron chi connectivity index (χ2n) is 6.88.